The van der Waals surface area contributed by atoms with Crippen molar-refractivity contribution in [3.8, 4) is 6.07 Å². The molecule has 0 bridgehead atoms. The number of imidazole rings is 1. The molecule has 6 nitrogen and oxygen atoms in total. The number of rotatable bonds is 2. The molecule has 0 aliphatic carbocycles. The first-order chi connectivity index (χ1) is 7.69. The number of nitriles is 1. The fraction of sp³-hybridized carbons (Fsp3) is 0.100. The van der Waals surface area contributed by atoms with Gasteiger partial charge >= 0.3 is 11.6 Å². The first-order valence-electron chi connectivity index (χ1n) is 4.58. The molecule has 0 aliphatic heterocycles. The average Bonchev–Trinajstić information content (AvgIpc) is 2.65. The van der Waals surface area contributed by atoms with E-state index in [1.54, 1.807) is 18.2 Å². The van der Waals surface area contributed by atoms with Crippen molar-refractivity contribution in [1.29, 1.82) is 5.26 Å². The van der Waals surface area contributed by atoms with Crippen LogP contribution < -0.4 is 11.0 Å². The van der Waals surface area contributed by atoms with Crippen LogP contribution in [0.5, 0.6) is 0 Å². The van der Waals surface area contributed by atoms with Crippen LogP contribution in [0, 0.1) is 11.3 Å². The number of nitrogens with one attached hydrogen (secondary N) is 3. The molecule has 2 aromatic rings. The Morgan fingerprint density at radius 1 is 1.38 bits per heavy atom. The van der Waals surface area contributed by atoms with Gasteiger partial charge in [0.1, 0.15) is 0 Å². The van der Waals surface area contributed by atoms with Crippen LogP contribution in [0.3, 0.4) is 0 Å². The normalized spacial score (nSPS) is 9.94. The zero-order valence-electron chi connectivity index (χ0n) is 8.20. The minimum absolute atomic E-state index is 0.259. The maximum atomic E-state index is 11.0. The van der Waals surface area contributed by atoms with Gasteiger partial charge < -0.3 is 15.3 Å². The lowest BCUT2D eigenvalue weighted by Crippen LogP contribution is -2.20. The fourth-order valence-electron chi connectivity index (χ4n) is 1.41. The first-order valence-corrected chi connectivity index (χ1v) is 4.58. The smallest absolute Gasteiger partial charge is 0.323 e. The van der Waals surface area contributed by atoms with Crippen LogP contribution in [0.2, 0.25) is 0 Å². The lowest BCUT2D eigenvalue weighted by Gasteiger charge is -2.00. The lowest BCUT2D eigenvalue weighted by atomic mass is 10.2. The Morgan fingerprint density at radius 2 is 2.12 bits per heavy atom. The third kappa shape index (κ3) is 1.93. The van der Waals surface area contributed by atoms with Gasteiger partial charge in [0.05, 0.1) is 11.0 Å². The van der Waals surface area contributed by atoms with Crippen LogP contribution in [0.15, 0.2) is 23.0 Å². The quantitative estimate of drug-likeness (QED) is 0.615. The van der Waals surface area contributed by atoms with Gasteiger partial charge in [-0.05, 0) is 17.7 Å². The molecule has 0 spiro atoms. The van der Waals surface area contributed by atoms with Crippen molar-refractivity contribution in [2.45, 2.75) is 6.54 Å². The zero-order chi connectivity index (χ0) is 11.5. The van der Waals surface area contributed by atoms with Gasteiger partial charge in [-0.3, -0.25) is 4.79 Å². The summed E-state index contributed by atoms with van der Waals surface area (Å²) in [6.45, 7) is 0.259. The van der Waals surface area contributed by atoms with E-state index in [2.05, 4.69) is 15.3 Å². The molecule has 0 unspecified atom stereocenters. The molecule has 0 radical (unpaired) electrons. The number of hydrogen-bond acceptors (Lipinski definition) is 3. The van der Waals surface area contributed by atoms with Crippen LogP contribution >= 0.6 is 0 Å². The van der Waals surface area contributed by atoms with Gasteiger partial charge in [-0.25, -0.2) is 4.79 Å². The summed E-state index contributed by atoms with van der Waals surface area (Å²) in [5, 5.41) is 10.7. The van der Waals surface area contributed by atoms with E-state index in [4.69, 9.17) is 5.26 Å². The van der Waals surface area contributed by atoms with Crippen LogP contribution in [-0.4, -0.2) is 15.9 Å². The minimum atomic E-state index is -0.678. The second-order valence-corrected chi connectivity index (χ2v) is 3.25. The molecule has 0 fully saturated rings. The Kier molecular flexibility index (Phi) is 2.44. The van der Waals surface area contributed by atoms with Gasteiger partial charge in [0.25, 0.3) is 0 Å². The topological polar surface area (TPSA) is 102 Å². The molecule has 16 heavy (non-hydrogen) atoms. The number of carbonyl (C=O) groups is 1. The SMILES string of the molecule is N#CC(=O)NCc1ccc2[nH]c(=O)[nH]c2c1. The standard InChI is InChI=1S/C10H8N4O2/c11-4-9(15)12-5-6-1-2-7-8(3-6)14-10(16)13-7/h1-3H,5H2,(H,12,15)(H2,13,14,16). The Bertz CT molecular complexity index is 632. The summed E-state index contributed by atoms with van der Waals surface area (Å²) in [7, 11) is 0. The van der Waals surface area contributed by atoms with E-state index in [9.17, 15) is 9.59 Å². The number of H-pyrrole nitrogens is 2. The minimum Gasteiger partial charge on any atom is -0.339 e. The molecule has 1 aromatic carbocycles. The first kappa shape index (κ1) is 9.98. The van der Waals surface area contributed by atoms with Gasteiger partial charge in [-0.15, -0.1) is 0 Å². The molecule has 0 saturated carbocycles. The maximum absolute atomic E-state index is 11.0. The van der Waals surface area contributed by atoms with Gasteiger partial charge in [-0.1, -0.05) is 6.07 Å². The third-order valence-corrected chi connectivity index (χ3v) is 2.13. The highest BCUT2D eigenvalue weighted by atomic mass is 16.1. The molecule has 3 N–H and O–H groups in total. The number of hydrogen-bond donors (Lipinski definition) is 3. The molecule has 80 valence electrons. The zero-order valence-corrected chi connectivity index (χ0v) is 8.20. The molecule has 0 saturated heterocycles. The van der Waals surface area contributed by atoms with Crippen LogP contribution in [0.1, 0.15) is 5.56 Å². The average molecular weight is 216 g/mol. The summed E-state index contributed by atoms with van der Waals surface area (Å²) in [6, 6.07) is 6.71. The highest BCUT2D eigenvalue weighted by Gasteiger charge is 2.01. The van der Waals surface area contributed by atoms with Gasteiger partial charge in [0.2, 0.25) is 0 Å². The van der Waals surface area contributed by atoms with Crippen molar-refractivity contribution >= 4 is 16.9 Å². The number of fused-ring (bicyclic) bond motifs is 1. The third-order valence-electron chi connectivity index (χ3n) is 2.13. The van der Waals surface area contributed by atoms with Crippen LogP contribution in [-0.2, 0) is 11.3 Å². The molecular weight excluding hydrogens is 208 g/mol. The van der Waals surface area contributed by atoms with E-state index in [1.165, 1.54) is 6.07 Å². The van der Waals surface area contributed by atoms with E-state index in [0.717, 1.165) is 5.56 Å². The number of benzene rings is 1. The molecular formula is C10H8N4O2. The molecule has 0 aliphatic rings. The second-order valence-electron chi connectivity index (χ2n) is 3.25. The summed E-state index contributed by atoms with van der Waals surface area (Å²) < 4.78 is 0. The maximum Gasteiger partial charge on any atom is 0.323 e. The predicted molar refractivity (Wildman–Crippen MR) is 56.4 cm³/mol. The van der Waals surface area contributed by atoms with E-state index >= 15 is 0 Å². The fourth-order valence-corrected chi connectivity index (χ4v) is 1.41. The van der Waals surface area contributed by atoms with Crippen molar-refractivity contribution in [1.82, 2.24) is 15.3 Å². The summed E-state index contributed by atoms with van der Waals surface area (Å²) in [5.41, 5.74) is 1.92. The molecule has 1 aromatic heterocycles. The molecule has 1 amide bonds. The number of aromatic amines is 2. The predicted octanol–water partition coefficient (Wildman–Crippen LogP) is -0.00402. The Morgan fingerprint density at radius 3 is 2.88 bits per heavy atom. The largest absolute Gasteiger partial charge is 0.339 e. The van der Waals surface area contributed by atoms with E-state index in [0.29, 0.717) is 11.0 Å². The van der Waals surface area contributed by atoms with E-state index in [1.807, 2.05) is 0 Å². The second kappa shape index (κ2) is 3.90. The summed E-state index contributed by atoms with van der Waals surface area (Å²) in [4.78, 5) is 26.9. The highest BCUT2D eigenvalue weighted by molar-refractivity contribution is 5.91. The van der Waals surface area contributed by atoms with Crippen molar-refractivity contribution in [3.05, 3.63) is 34.2 Å². The van der Waals surface area contributed by atoms with Crippen LogP contribution in [0.25, 0.3) is 11.0 Å². The molecule has 0 atom stereocenters. The Hall–Kier alpha value is -2.55. The van der Waals surface area contributed by atoms with Crippen molar-refractivity contribution in [2.24, 2.45) is 0 Å². The highest BCUT2D eigenvalue weighted by Crippen LogP contribution is 2.09. The summed E-state index contributed by atoms with van der Waals surface area (Å²) >= 11 is 0. The summed E-state index contributed by atoms with van der Waals surface area (Å²) in [6.07, 6.45) is 0. The number of amides is 1. The van der Waals surface area contributed by atoms with Crippen molar-refractivity contribution < 1.29 is 4.79 Å². The lowest BCUT2D eigenvalue weighted by molar-refractivity contribution is -0.116. The number of carbonyl (C=O) groups excluding carboxylic acids is 1. The van der Waals surface area contributed by atoms with Gasteiger partial charge in [-0.2, -0.15) is 5.26 Å². The molecule has 2 rings (SSSR count). The van der Waals surface area contributed by atoms with Gasteiger partial charge in [0, 0.05) is 6.54 Å². The van der Waals surface area contributed by atoms with Crippen molar-refractivity contribution in [3.63, 3.8) is 0 Å². The van der Waals surface area contributed by atoms with Crippen LogP contribution in [0.4, 0.5) is 0 Å². The monoisotopic (exact) mass is 216 g/mol. The summed E-state index contributed by atoms with van der Waals surface area (Å²) in [5.74, 6) is -0.678. The number of nitrogens with zero attached hydrogens (tertiary/aromatic N) is 1. The van der Waals surface area contributed by atoms with E-state index in [-0.39, 0.29) is 12.2 Å². The Balaban J connectivity index is 2.23. The number of aromatic nitrogens is 2. The van der Waals surface area contributed by atoms with E-state index < -0.39 is 5.91 Å². The van der Waals surface area contributed by atoms with Gasteiger partial charge in [0.15, 0.2) is 6.07 Å². The molecule has 6 heteroatoms. The molecule has 1 heterocycles. The van der Waals surface area contributed by atoms with Crippen molar-refractivity contribution in [2.75, 3.05) is 0 Å². The Labute approximate surface area is 89.9 Å².